The zero-order valence-corrected chi connectivity index (χ0v) is 14.1. The van der Waals surface area contributed by atoms with Crippen LogP contribution in [0, 0.1) is 27.9 Å². The third kappa shape index (κ3) is 3.86. The number of thioether (sulfide) groups is 1. The van der Waals surface area contributed by atoms with E-state index in [-0.39, 0.29) is 17.6 Å². The van der Waals surface area contributed by atoms with Gasteiger partial charge in [0.25, 0.3) is 5.69 Å². The molecule has 2 fully saturated rings. The van der Waals surface area contributed by atoms with E-state index in [4.69, 9.17) is 0 Å². The number of nitrogens with one attached hydrogen (secondary N) is 1. The summed E-state index contributed by atoms with van der Waals surface area (Å²) < 4.78 is 0. The van der Waals surface area contributed by atoms with Gasteiger partial charge in [0.15, 0.2) is 0 Å². The fourth-order valence-corrected chi connectivity index (χ4v) is 4.83. The number of fused-ring (bicyclic) bond motifs is 2. The van der Waals surface area contributed by atoms with E-state index in [0.717, 1.165) is 16.7 Å². The van der Waals surface area contributed by atoms with Gasteiger partial charge in [-0.2, -0.15) is 0 Å². The average Bonchev–Trinajstić information content (AvgIpc) is 3.16. The molecule has 23 heavy (non-hydrogen) atoms. The maximum atomic E-state index is 12.1. The number of carbonyl (C=O) groups is 1. The summed E-state index contributed by atoms with van der Waals surface area (Å²) in [4.78, 5) is 23.2. The van der Waals surface area contributed by atoms with E-state index in [1.54, 1.807) is 12.1 Å². The smallest absolute Gasteiger partial charge is 0.269 e. The molecule has 0 radical (unpaired) electrons. The zero-order valence-electron chi connectivity index (χ0n) is 13.2. The minimum Gasteiger partial charge on any atom is -0.353 e. The Bertz CT molecular complexity index is 590. The van der Waals surface area contributed by atoms with Gasteiger partial charge in [-0.3, -0.25) is 14.9 Å². The van der Waals surface area contributed by atoms with Gasteiger partial charge in [-0.1, -0.05) is 6.42 Å². The molecular formula is C17H22N2O3S. The first-order valence-electron chi connectivity index (χ1n) is 8.19. The second-order valence-electron chi connectivity index (χ2n) is 6.73. The Morgan fingerprint density at radius 3 is 2.65 bits per heavy atom. The van der Waals surface area contributed by atoms with Crippen molar-refractivity contribution in [1.82, 2.24) is 5.32 Å². The van der Waals surface area contributed by atoms with Crippen LogP contribution in [0.4, 0.5) is 5.69 Å². The molecule has 1 aromatic carbocycles. The summed E-state index contributed by atoms with van der Waals surface area (Å²) in [5, 5.41) is 13.8. The van der Waals surface area contributed by atoms with Crippen LogP contribution in [0.2, 0.25) is 0 Å². The van der Waals surface area contributed by atoms with Gasteiger partial charge in [0, 0.05) is 23.1 Å². The highest BCUT2D eigenvalue weighted by Gasteiger charge is 2.42. The summed E-state index contributed by atoms with van der Waals surface area (Å²) >= 11 is 1.41. The molecule has 0 saturated heterocycles. The second kappa shape index (κ2) is 6.91. The molecule has 0 spiro atoms. The van der Waals surface area contributed by atoms with Crippen molar-refractivity contribution in [2.45, 2.75) is 43.5 Å². The van der Waals surface area contributed by atoms with Crippen molar-refractivity contribution in [2.24, 2.45) is 17.8 Å². The van der Waals surface area contributed by atoms with Crippen molar-refractivity contribution < 1.29 is 9.72 Å². The van der Waals surface area contributed by atoms with Gasteiger partial charge in [-0.15, -0.1) is 11.8 Å². The Morgan fingerprint density at radius 1 is 1.35 bits per heavy atom. The topological polar surface area (TPSA) is 72.2 Å². The monoisotopic (exact) mass is 334 g/mol. The van der Waals surface area contributed by atoms with Crippen molar-refractivity contribution in [2.75, 3.05) is 5.75 Å². The lowest BCUT2D eigenvalue weighted by Crippen LogP contribution is -2.40. The summed E-state index contributed by atoms with van der Waals surface area (Å²) in [6.45, 7) is 2.12. The lowest BCUT2D eigenvalue weighted by molar-refractivity contribution is -0.384. The zero-order chi connectivity index (χ0) is 16.4. The molecule has 6 heteroatoms. The molecule has 1 amide bonds. The highest BCUT2D eigenvalue weighted by Crippen LogP contribution is 2.49. The number of amides is 1. The van der Waals surface area contributed by atoms with Crippen molar-refractivity contribution in [3.8, 4) is 0 Å². The molecule has 4 atom stereocenters. The van der Waals surface area contributed by atoms with Crippen LogP contribution in [0.5, 0.6) is 0 Å². The van der Waals surface area contributed by atoms with Gasteiger partial charge in [0.2, 0.25) is 5.91 Å². The Hall–Kier alpha value is -1.56. The van der Waals surface area contributed by atoms with Crippen LogP contribution in [0.15, 0.2) is 29.2 Å². The predicted molar refractivity (Wildman–Crippen MR) is 90.4 cm³/mol. The van der Waals surface area contributed by atoms with Crippen LogP contribution in [0.1, 0.15) is 32.6 Å². The number of hydrogen-bond donors (Lipinski definition) is 1. The van der Waals surface area contributed by atoms with Crippen molar-refractivity contribution >= 4 is 23.4 Å². The molecule has 5 nitrogen and oxygen atoms in total. The van der Waals surface area contributed by atoms with Gasteiger partial charge in [-0.05, 0) is 56.1 Å². The largest absolute Gasteiger partial charge is 0.353 e. The highest BCUT2D eigenvalue weighted by atomic mass is 32.2. The van der Waals surface area contributed by atoms with Gasteiger partial charge in [0.05, 0.1) is 10.7 Å². The minimum atomic E-state index is -0.419. The van der Waals surface area contributed by atoms with E-state index in [9.17, 15) is 14.9 Å². The van der Waals surface area contributed by atoms with Crippen LogP contribution >= 0.6 is 11.8 Å². The standard InChI is InChI=1S/C17H22N2O3S/c1-11(16-9-12-2-3-13(16)8-12)18-17(20)10-23-15-6-4-14(5-7-15)19(21)22/h4-7,11-13,16H,2-3,8-10H2,1H3,(H,18,20)/t11-,12-,13-,16+/m0/s1. The molecule has 0 heterocycles. The van der Waals surface area contributed by atoms with Crippen molar-refractivity contribution in [1.29, 1.82) is 0 Å². The molecular weight excluding hydrogens is 312 g/mol. The number of nitro groups is 1. The Labute approximate surface area is 140 Å². The summed E-state index contributed by atoms with van der Waals surface area (Å²) in [6.07, 6.45) is 5.31. The SMILES string of the molecule is C[C@H](NC(=O)CSc1ccc([N+](=O)[O-])cc1)[C@H]1C[C@H]2CC[C@H]1C2. The third-order valence-corrected chi connectivity index (χ3v) is 6.25. The maximum Gasteiger partial charge on any atom is 0.269 e. The van der Waals surface area contributed by atoms with Gasteiger partial charge < -0.3 is 5.32 Å². The third-order valence-electron chi connectivity index (χ3n) is 5.24. The fourth-order valence-electron chi connectivity index (χ4n) is 4.12. The number of nitro benzene ring substituents is 1. The summed E-state index contributed by atoms with van der Waals surface area (Å²) in [5.41, 5.74) is 0.0729. The molecule has 0 unspecified atom stereocenters. The summed E-state index contributed by atoms with van der Waals surface area (Å²) in [6, 6.07) is 6.57. The van der Waals surface area contributed by atoms with Gasteiger partial charge >= 0.3 is 0 Å². The molecule has 2 aliphatic rings. The Balaban J connectivity index is 1.45. The molecule has 2 bridgehead atoms. The molecule has 2 aliphatic carbocycles. The number of rotatable bonds is 6. The van der Waals surface area contributed by atoms with Crippen LogP contribution in [-0.4, -0.2) is 22.6 Å². The Kier molecular flexibility index (Phi) is 4.90. The number of hydrogen-bond acceptors (Lipinski definition) is 4. The van der Waals surface area contributed by atoms with Gasteiger partial charge in [0.1, 0.15) is 0 Å². The molecule has 1 aromatic rings. The summed E-state index contributed by atoms with van der Waals surface area (Å²) in [5.74, 6) is 2.73. The summed E-state index contributed by atoms with van der Waals surface area (Å²) in [7, 11) is 0. The quantitative estimate of drug-likeness (QED) is 0.490. The number of nitrogens with zero attached hydrogens (tertiary/aromatic N) is 1. The fraction of sp³-hybridized carbons (Fsp3) is 0.588. The predicted octanol–water partition coefficient (Wildman–Crippen LogP) is 3.63. The molecule has 1 N–H and O–H groups in total. The lowest BCUT2D eigenvalue weighted by Gasteiger charge is -2.28. The number of benzene rings is 1. The first-order valence-corrected chi connectivity index (χ1v) is 9.18. The van der Waals surface area contributed by atoms with E-state index in [2.05, 4.69) is 12.2 Å². The highest BCUT2D eigenvalue weighted by molar-refractivity contribution is 8.00. The van der Waals surface area contributed by atoms with E-state index in [1.807, 2.05) is 0 Å². The maximum absolute atomic E-state index is 12.1. The minimum absolute atomic E-state index is 0.0450. The van der Waals surface area contributed by atoms with Crippen molar-refractivity contribution in [3.63, 3.8) is 0 Å². The second-order valence-corrected chi connectivity index (χ2v) is 7.78. The van der Waals surface area contributed by atoms with Crippen LogP contribution in [0.3, 0.4) is 0 Å². The number of carbonyl (C=O) groups excluding carboxylic acids is 1. The lowest BCUT2D eigenvalue weighted by atomic mass is 9.84. The molecule has 2 saturated carbocycles. The van der Waals surface area contributed by atoms with E-state index in [0.29, 0.717) is 11.7 Å². The van der Waals surface area contributed by atoms with Crippen LogP contribution in [0.25, 0.3) is 0 Å². The van der Waals surface area contributed by atoms with E-state index >= 15 is 0 Å². The average molecular weight is 334 g/mol. The molecule has 124 valence electrons. The van der Waals surface area contributed by atoms with E-state index in [1.165, 1.54) is 49.6 Å². The van der Waals surface area contributed by atoms with Crippen LogP contribution < -0.4 is 5.32 Å². The van der Waals surface area contributed by atoms with Crippen LogP contribution in [-0.2, 0) is 4.79 Å². The molecule has 0 aliphatic heterocycles. The van der Waals surface area contributed by atoms with Gasteiger partial charge in [-0.25, -0.2) is 0 Å². The first kappa shape index (κ1) is 16.3. The normalized spacial score (nSPS) is 26.9. The number of non-ortho nitro benzene ring substituents is 1. The Morgan fingerprint density at radius 2 is 2.09 bits per heavy atom. The molecule has 0 aromatic heterocycles. The van der Waals surface area contributed by atoms with Crippen molar-refractivity contribution in [3.05, 3.63) is 34.4 Å². The first-order chi connectivity index (χ1) is 11.0. The molecule has 3 rings (SSSR count). The van der Waals surface area contributed by atoms with E-state index < -0.39 is 4.92 Å².